The van der Waals surface area contributed by atoms with Gasteiger partial charge in [-0.1, -0.05) is 58.0 Å². The maximum atomic E-state index is 12.0. The van der Waals surface area contributed by atoms with Gasteiger partial charge in [-0.15, -0.1) is 0 Å². The number of halogens is 5. The van der Waals surface area contributed by atoms with Gasteiger partial charge in [-0.25, -0.2) is 0 Å². The number of hydrogen-bond acceptors (Lipinski definition) is 4. The number of nitrogens with one attached hydrogen (secondary N) is 2. The molecule has 0 aliphatic rings. The summed E-state index contributed by atoms with van der Waals surface area (Å²) in [6, 6.07) is 7.05. The van der Waals surface area contributed by atoms with Crippen molar-refractivity contribution in [2.75, 3.05) is 18.5 Å². The van der Waals surface area contributed by atoms with E-state index in [1.807, 2.05) is 0 Å². The van der Waals surface area contributed by atoms with Gasteiger partial charge in [-0.3, -0.25) is 14.4 Å². The third kappa shape index (κ3) is 6.43. The summed E-state index contributed by atoms with van der Waals surface area (Å²) in [6.45, 7) is -1.05. The lowest BCUT2D eigenvalue weighted by Crippen LogP contribution is -2.32. The minimum atomic E-state index is -0.822. The van der Waals surface area contributed by atoms with E-state index in [-0.39, 0.29) is 26.3 Å². The fraction of sp³-hybridized carbons (Fsp3) is 0.118. The molecule has 0 heterocycles. The molecule has 2 aromatic carbocycles. The number of hydrogen-bond donors (Lipinski definition) is 2. The molecule has 0 unspecified atom stereocenters. The average Bonchev–Trinajstić information content (AvgIpc) is 2.63. The van der Waals surface area contributed by atoms with E-state index in [4.69, 9.17) is 62.7 Å². The molecule has 0 spiro atoms. The first-order chi connectivity index (χ1) is 13.2. The van der Waals surface area contributed by atoms with E-state index >= 15 is 0 Å². The van der Waals surface area contributed by atoms with Crippen LogP contribution in [-0.2, 0) is 14.3 Å². The van der Waals surface area contributed by atoms with Gasteiger partial charge in [0.2, 0.25) is 0 Å². The van der Waals surface area contributed by atoms with Crippen LogP contribution in [-0.4, -0.2) is 30.9 Å². The Kier molecular flexibility index (Phi) is 8.22. The van der Waals surface area contributed by atoms with Crippen molar-refractivity contribution in [2.24, 2.45) is 0 Å². The molecule has 148 valence electrons. The zero-order chi connectivity index (χ0) is 20.8. The van der Waals surface area contributed by atoms with Gasteiger partial charge in [0.1, 0.15) is 6.54 Å². The van der Waals surface area contributed by atoms with E-state index in [1.165, 1.54) is 30.3 Å². The normalized spacial score (nSPS) is 10.3. The zero-order valence-corrected chi connectivity index (χ0v) is 17.6. The summed E-state index contributed by atoms with van der Waals surface area (Å²) in [5.41, 5.74) is 0.355. The van der Waals surface area contributed by atoms with Crippen molar-refractivity contribution in [2.45, 2.75) is 0 Å². The Balaban J connectivity index is 1.81. The van der Waals surface area contributed by atoms with Crippen LogP contribution in [0.25, 0.3) is 0 Å². The van der Waals surface area contributed by atoms with Crippen LogP contribution in [0.4, 0.5) is 5.69 Å². The highest BCUT2D eigenvalue weighted by Gasteiger charge is 2.14. The summed E-state index contributed by atoms with van der Waals surface area (Å²) >= 11 is 29.3. The van der Waals surface area contributed by atoms with Crippen LogP contribution in [0.3, 0.4) is 0 Å². The molecule has 2 rings (SSSR count). The van der Waals surface area contributed by atoms with Crippen molar-refractivity contribution in [1.29, 1.82) is 0 Å². The number of rotatable bonds is 6. The van der Waals surface area contributed by atoms with Gasteiger partial charge in [0.05, 0.1) is 25.8 Å². The number of esters is 1. The summed E-state index contributed by atoms with van der Waals surface area (Å²) in [5.74, 6) is -2.05. The highest BCUT2D eigenvalue weighted by Crippen LogP contribution is 2.33. The van der Waals surface area contributed by atoms with Gasteiger partial charge in [0.15, 0.2) is 6.61 Å². The van der Waals surface area contributed by atoms with Crippen molar-refractivity contribution in [3.05, 3.63) is 61.0 Å². The summed E-state index contributed by atoms with van der Waals surface area (Å²) in [4.78, 5) is 35.5. The van der Waals surface area contributed by atoms with Gasteiger partial charge in [0, 0.05) is 10.6 Å². The Hall–Kier alpha value is -1.70. The third-order valence-corrected chi connectivity index (χ3v) is 4.76. The third-order valence-electron chi connectivity index (χ3n) is 3.21. The lowest BCUT2D eigenvalue weighted by molar-refractivity contribution is -0.146. The van der Waals surface area contributed by atoms with Gasteiger partial charge >= 0.3 is 5.97 Å². The van der Waals surface area contributed by atoms with Crippen molar-refractivity contribution in [3.8, 4) is 0 Å². The molecule has 0 atom stereocenters. The number of ether oxygens (including phenoxy) is 1. The van der Waals surface area contributed by atoms with Gasteiger partial charge < -0.3 is 15.4 Å². The maximum absolute atomic E-state index is 12.0. The summed E-state index contributed by atoms with van der Waals surface area (Å²) < 4.78 is 4.78. The van der Waals surface area contributed by atoms with E-state index in [9.17, 15) is 14.4 Å². The molecule has 2 amide bonds. The van der Waals surface area contributed by atoms with Gasteiger partial charge in [0.25, 0.3) is 11.8 Å². The molecule has 2 N–H and O–H groups in total. The lowest BCUT2D eigenvalue weighted by atomic mass is 10.2. The topological polar surface area (TPSA) is 84.5 Å². The van der Waals surface area contributed by atoms with E-state index in [0.717, 1.165) is 0 Å². The molecule has 0 bridgehead atoms. The lowest BCUT2D eigenvalue weighted by Gasteiger charge is -2.10. The second-order valence-corrected chi connectivity index (χ2v) is 7.33. The Bertz CT molecular complexity index is 913. The Labute approximate surface area is 185 Å². The smallest absolute Gasteiger partial charge is 0.325 e. The fourth-order valence-corrected chi connectivity index (χ4v) is 3.14. The molecule has 0 fully saturated rings. The van der Waals surface area contributed by atoms with Crippen LogP contribution in [0, 0.1) is 0 Å². The summed E-state index contributed by atoms with van der Waals surface area (Å²) in [7, 11) is 0. The van der Waals surface area contributed by atoms with Gasteiger partial charge in [-0.05, 0) is 30.3 Å². The standard InChI is InChI=1S/C17H11Cl5N2O4/c18-9-4-12(21)16(13(22)5-9)24-14(25)7-28-15(26)6-23-17(27)8-1-2-10(19)11(20)3-8/h1-5H,6-7H2,(H,23,27)(H,24,25). The van der Waals surface area contributed by atoms with Gasteiger partial charge in [-0.2, -0.15) is 0 Å². The number of amides is 2. The SMILES string of the molecule is O=C(COC(=O)CNC(=O)c1ccc(Cl)c(Cl)c1)Nc1c(Cl)cc(Cl)cc1Cl. The number of carbonyl (C=O) groups excluding carboxylic acids is 3. The molecule has 0 aromatic heterocycles. The summed E-state index contributed by atoms with van der Waals surface area (Å²) in [6.07, 6.45) is 0. The Morgan fingerprint density at radius 3 is 2.11 bits per heavy atom. The second kappa shape index (κ2) is 10.2. The monoisotopic (exact) mass is 482 g/mol. The van der Waals surface area contributed by atoms with Crippen molar-refractivity contribution >= 4 is 81.5 Å². The van der Waals surface area contributed by atoms with E-state index < -0.39 is 30.9 Å². The number of benzene rings is 2. The predicted octanol–water partition coefficient (Wildman–Crippen LogP) is 4.87. The van der Waals surface area contributed by atoms with Crippen LogP contribution >= 0.6 is 58.0 Å². The zero-order valence-electron chi connectivity index (χ0n) is 13.8. The number of anilines is 1. The molecule has 0 aliphatic heterocycles. The van der Waals surface area contributed by atoms with Crippen LogP contribution < -0.4 is 10.6 Å². The molecular weight excluding hydrogens is 473 g/mol. The second-order valence-electron chi connectivity index (χ2n) is 5.26. The fourth-order valence-electron chi connectivity index (χ4n) is 1.93. The highest BCUT2D eigenvalue weighted by molar-refractivity contribution is 6.42. The van der Waals surface area contributed by atoms with Crippen LogP contribution in [0.15, 0.2) is 30.3 Å². The molecule has 28 heavy (non-hydrogen) atoms. The maximum Gasteiger partial charge on any atom is 0.325 e. The molecule has 0 saturated carbocycles. The Morgan fingerprint density at radius 1 is 0.857 bits per heavy atom. The largest absolute Gasteiger partial charge is 0.454 e. The quantitative estimate of drug-likeness (QED) is 0.574. The molecule has 0 radical (unpaired) electrons. The Morgan fingerprint density at radius 2 is 1.50 bits per heavy atom. The molecule has 11 heteroatoms. The molecule has 0 aliphatic carbocycles. The van der Waals surface area contributed by atoms with Crippen molar-refractivity contribution in [3.63, 3.8) is 0 Å². The highest BCUT2D eigenvalue weighted by atomic mass is 35.5. The molecular formula is C17H11Cl5N2O4. The first-order valence-electron chi connectivity index (χ1n) is 7.50. The number of carbonyl (C=O) groups is 3. The summed E-state index contributed by atoms with van der Waals surface area (Å²) in [5, 5.41) is 5.81. The predicted molar refractivity (Wildman–Crippen MR) is 110 cm³/mol. The first kappa shape index (κ1) is 22.6. The van der Waals surface area contributed by atoms with E-state index in [1.54, 1.807) is 0 Å². The van der Waals surface area contributed by atoms with Crippen LogP contribution in [0.2, 0.25) is 25.1 Å². The van der Waals surface area contributed by atoms with E-state index in [2.05, 4.69) is 10.6 Å². The minimum absolute atomic E-state index is 0.131. The average molecular weight is 485 g/mol. The van der Waals surface area contributed by atoms with Crippen molar-refractivity contribution < 1.29 is 19.1 Å². The van der Waals surface area contributed by atoms with E-state index in [0.29, 0.717) is 10.0 Å². The van der Waals surface area contributed by atoms with Crippen LogP contribution in [0.1, 0.15) is 10.4 Å². The van der Waals surface area contributed by atoms with Crippen molar-refractivity contribution in [1.82, 2.24) is 5.32 Å². The molecule has 6 nitrogen and oxygen atoms in total. The minimum Gasteiger partial charge on any atom is -0.454 e. The molecule has 0 saturated heterocycles. The first-order valence-corrected chi connectivity index (χ1v) is 9.39. The van der Waals surface area contributed by atoms with Crippen LogP contribution in [0.5, 0.6) is 0 Å². The molecule has 2 aromatic rings.